The summed E-state index contributed by atoms with van der Waals surface area (Å²) in [6.45, 7) is 0. The van der Waals surface area contributed by atoms with Crippen molar-refractivity contribution in [1.29, 1.82) is 0 Å². The number of alkyl halides is 3. The molecule has 5 heteroatoms. The van der Waals surface area contributed by atoms with Crippen molar-refractivity contribution >= 4 is 11.4 Å². The molecule has 20 heavy (non-hydrogen) atoms. The SMILES string of the molecule is COc1ccc(N(C)c2cccc(C(F)(F)F)c2)cc1. The number of hydrogen-bond donors (Lipinski definition) is 0. The molecule has 0 fully saturated rings. The minimum absolute atomic E-state index is 0.477. The first-order valence-electron chi connectivity index (χ1n) is 5.97. The number of halogens is 3. The summed E-state index contributed by atoms with van der Waals surface area (Å²) in [4.78, 5) is 1.69. The molecule has 0 heterocycles. The Labute approximate surface area is 115 Å². The Bertz CT molecular complexity index is 578. The van der Waals surface area contributed by atoms with Gasteiger partial charge in [-0.3, -0.25) is 0 Å². The number of methoxy groups -OCH3 is 1. The molecule has 0 bridgehead atoms. The van der Waals surface area contributed by atoms with Gasteiger partial charge in [-0.25, -0.2) is 0 Å². The van der Waals surface area contributed by atoms with Crippen molar-refractivity contribution in [3.8, 4) is 5.75 Å². The highest BCUT2D eigenvalue weighted by atomic mass is 19.4. The largest absolute Gasteiger partial charge is 0.497 e. The van der Waals surface area contributed by atoms with Gasteiger partial charge in [-0.2, -0.15) is 13.2 Å². The van der Waals surface area contributed by atoms with Crippen molar-refractivity contribution in [2.24, 2.45) is 0 Å². The summed E-state index contributed by atoms with van der Waals surface area (Å²) in [5, 5.41) is 0. The minimum atomic E-state index is -4.34. The first-order valence-corrected chi connectivity index (χ1v) is 5.97. The van der Waals surface area contributed by atoms with E-state index in [0.29, 0.717) is 11.4 Å². The Morgan fingerprint density at radius 3 is 2.15 bits per heavy atom. The third-order valence-electron chi connectivity index (χ3n) is 3.02. The number of benzene rings is 2. The molecule has 0 amide bonds. The summed E-state index contributed by atoms with van der Waals surface area (Å²) < 4.78 is 43.1. The summed E-state index contributed by atoms with van der Waals surface area (Å²) >= 11 is 0. The number of anilines is 2. The summed E-state index contributed by atoms with van der Waals surface area (Å²) in [7, 11) is 3.28. The lowest BCUT2D eigenvalue weighted by Gasteiger charge is -2.21. The zero-order valence-electron chi connectivity index (χ0n) is 11.1. The molecule has 0 aromatic heterocycles. The van der Waals surface area contributed by atoms with Gasteiger partial charge in [-0.05, 0) is 42.5 Å². The first-order chi connectivity index (χ1) is 9.41. The van der Waals surface area contributed by atoms with E-state index >= 15 is 0 Å². The zero-order chi connectivity index (χ0) is 14.8. The molecule has 0 N–H and O–H groups in total. The van der Waals surface area contributed by atoms with Gasteiger partial charge in [0.15, 0.2) is 0 Å². The highest BCUT2D eigenvalue weighted by Gasteiger charge is 2.30. The Hall–Kier alpha value is -2.17. The Kier molecular flexibility index (Phi) is 3.88. The van der Waals surface area contributed by atoms with E-state index in [2.05, 4.69) is 0 Å². The Morgan fingerprint density at radius 2 is 1.60 bits per heavy atom. The molecule has 0 aliphatic carbocycles. The first kappa shape index (κ1) is 14.2. The van der Waals surface area contributed by atoms with Gasteiger partial charge in [0.25, 0.3) is 0 Å². The average Bonchev–Trinajstić information content (AvgIpc) is 2.46. The third-order valence-corrected chi connectivity index (χ3v) is 3.02. The molecule has 0 radical (unpaired) electrons. The lowest BCUT2D eigenvalue weighted by atomic mass is 10.1. The molecule has 2 aromatic rings. The quantitative estimate of drug-likeness (QED) is 0.822. The Morgan fingerprint density at radius 1 is 0.950 bits per heavy atom. The molecule has 0 atom stereocenters. The van der Waals surface area contributed by atoms with E-state index in [4.69, 9.17) is 4.74 Å². The maximum Gasteiger partial charge on any atom is 0.416 e. The molecule has 0 unspecified atom stereocenters. The van der Waals surface area contributed by atoms with E-state index in [1.165, 1.54) is 6.07 Å². The van der Waals surface area contributed by atoms with Gasteiger partial charge in [0.2, 0.25) is 0 Å². The number of ether oxygens (including phenoxy) is 1. The molecule has 0 saturated heterocycles. The van der Waals surface area contributed by atoms with Gasteiger partial charge in [0.1, 0.15) is 5.75 Å². The molecule has 106 valence electrons. The smallest absolute Gasteiger partial charge is 0.416 e. The summed E-state index contributed by atoms with van der Waals surface area (Å²) in [6.07, 6.45) is -4.34. The molecule has 0 aliphatic rings. The Balaban J connectivity index is 2.30. The highest BCUT2D eigenvalue weighted by Crippen LogP contribution is 2.33. The van der Waals surface area contributed by atoms with Gasteiger partial charge in [-0.15, -0.1) is 0 Å². The highest BCUT2D eigenvalue weighted by molar-refractivity contribution is 5.63. The fourth-order valence-corrected chi connectivity index (χ4v) is 1.85. The van der Waals surface area contributed by atoms with E-state index in [1.54, 1.807) is 49.4 Å². The van der Waals surface area contributed by atoms with Crippen LogP contribution >= 0.6 is 0 Å². The number of hydrogen-bond acceptors (Lipinski definition) is 2. The molecular weight excluding hydrogens is 267 g/mol. The van der Waals surface area contributed by atoms with E-state index in [0.717, 1.165) is 17.8 Å². The third kappa shape index (κ3) is 3.04. The monoisotopic (exact) mass is 281 g/mol. The summed E-state index contributed by atoms with van der Waals surface area (Å²) in [6, 6.07) is 12.3. The topological polar surface area (TPSA) is 12.5 Å². The van der Waals surface area contributed by atoms with E-state index in [-0.39, 0.29) is 0 Å². The number of nitrogens with zero attached hydrogens (tertiary/aromatic N) is 1. The van der Waals surface area contributed by atoms with Crippen LogP contribution in [0, 0.1) is 0 Å². The van der Waals surface area contributed by atoms with Gasteiger partial charge in [-0.1, -0.05) is 6.07 Å². The van der Waals surface area contributed by atoms with Crippen LogP contribution in [0.25, 0.3) is 0 Å². The van der Waals surface area contributed by atoms with E-state index in [9.17, 15) is 13.2 Å². The van der Waals surface area contributed by atoms with Crippen molar-refractivity contribution in [2.45, 2.75) is 6.18 Å². The van der Waals surface area contributed by atoms with Gasteiger partial charge < -0.3 is 9.64 Å². The molecule has 2 nitrogen and oxygen atoms in total. The van der Waals surface area contributed by atoms with Crippen LogP contribution < -0.4 is 9.64 Å². The van der Waals surface area contributed by atoms with Crippen LogP contribution in [0.5, 0.6) is 5.75 Å². The predicted molar refractivity (Wildman–Crippen MR) is 72.5 cm³/mol. The lowest BCUT2D eigenvalue weighted by Crippen LogP contribution is -2.11. The molecule has 2 rings (SSSR count). The molecule has 0 spiro atoms. The standard InChI is InChI=1S/C15H14F3NO/c1-19(12-6-8-14(20-2)9-7-12)13-5-3-4-11(10-13)15(16,17)18/h3-10H,1-2H3. The van der Waals surface area contributed by atoms with Crippen LogP contribution in [0.3, 0.4) is 0 Å². The number of rotatable bonds is 3. The predicted octanol–water partition coefficient (Wildman–Crippen LogP) is 4.48. The van der Waals surface area contributed by atoms with Crippen molar-refractivity contribution in [1.82, 2.24) is 0 Å². The minimum Gasteiger partial charge on any atom is -0.497 e. The van der Waals surface area contributed by atoms with Gasteiger partial charge in [0, 0.05) is 18.4 Å². The fourth-order valence-electron chi connectivity index (χ4n) is 1.85. The molecule has 2 aromatic carbocycles. The lowest BCUT2D eigenvalue weighted by molar-refractivity contribution is -0.137. The van der Waals surface area contributed by atoms with Crippen molar-refractivity contribution in [3.05, 3.63) is 54.1 Å². The fraction of sp³-hybridized carbons (Fsp3) is 0.200. The summed E-state index contributed by atoms with van der Waals surface area (Å²) in [5.74, 6) is 0.700. The molecule has 0 saturated carbocycles. The zero-order valence-corrected chi connectivity index (χ0v) is 11.1. The van der Waals surface area contributed by atoms with E-state index in [1.807, 2.05) is 0 Å². The van der Waals surface area contributed by atoms with Crippen LogP contribution in [-0.4, -0.2) is 14.2 Å². The second-order valence-corrected chi connectivity index (χ2v) is 4.31. The van der Waals surface area contributed by atoms with Crippen molar-refractivity contribution < 1.29 is 17.9 Å². The second kappa shape index (κ2) is 5.45. The summed E-state index contributed by atoms with van der Waals surface area (Å²) in [5.41, 5.74) is 0.602. The van der Waals surface area contributed by atoms with Crippen molar-refractivity contribution in [3.63, 3.8) is 0 Å². The van der Waals surface area contributed by atoms with Crippen LogP contribution in [0.15, 0.2) is 48.5 Å². The van der Waals surface area contributed by atoms with Crippen LogP contribution in [0.2, 0.25) is 0 Å². The van der Waals surface area contributed by atoms with Crippen LogP contribution in [0.1, 0.15) is 5.56 Å². The normalized spacial score (nSPS) is 11.2. The molecule has 0 aliphatic heterocycles. The molecular formula is C15H14F3NO. The average molecular weight is 281 g/mol. The van der Waals surface area contributed by atoms with Crippen molar-refractivity contribution in [2.75, 3.05) is 19.1 Å². The maximum absolute atomic E-state index is 12.7. The van der Waals surface area contributed by atoms with E-state index < -0.39 is 11.7 Å². The van der Waals surface area contributed by atoms with Gasteiger partial charge in [0.05, 0.1) is 12.7 Å². The van der Waals surface area contributed by atoms with Crippen LogP contribution in [-0.2, 0) is 6.18 Å². The maximum atomic E-state index is 12.7. The van der Waals surface area contributed by atoms with Gasteiger partial charge >= 0.3 is 6.18 Å². The second-order valence-electron chi connectivity index (χ2n) is 4.31. The van der Waals surface area contributed by atoms with Crippen LogP contribution in [0.4, 0.5) is 24.5 Å².